The van der Waals surface area contributed by atoms with E-state index in [2.05, 4.69) is 5.32 Å². The predicted octanol–water partition coefficient (Wildman–Crippen LogP) is 4.68. The highest BCUT2D eigenvalue weighted by Gasteiger charge is 2.33. The molecule has 4 rings (SSSR count). The number of aryl methyl sites for hydroxylation is 1. The van der Waals surface area contributed by atoms with Gasteiger partial charge in [0.2, 0.25) is 11.8 Å². The number of benzene rings is 3. The molecule has 224 valence electrons. The van der Waals surface area contributed by atoms with E-state index in [1.165, 1.54) is 37.3 Å². The molecule has 0 radical (unpaired) electrons. The van der Waals surface area contributed by atoms with Gasteiger partial charge >= 0.3 is 0 Å². The summed E-state index contributed by atoms with van der Waals surface area (Å²) in [6.07, 6.45) is 3.95. The zero-order chi connectivity index (χ0) is 30.3. The molecule has 0 aromatic heterocycles. The van der Waals surface area contributed by atoms with Crippen molar-refractivity contribution in [2.45, 2.75) is 63.1 Å². The lowest BCUT2D eigenvalue weighted by Gasteiger charge is -2.32. The molecule has 9 nitrogen and oxygen atoms in total. The summed E-state index contributed by atoms with van der Waals surface area (Å²) in [6, 6.07) is 19.7. The van der Waals surface area contributed by atoms with Crippen LogP contribution < -0.4 is 19.1 Å². The number of hydrogen-bond donors (Lipinski definition) is 1. The van der Waals surface area contributed by atoms with Gasteiger partial charge in [-0.05, 0) is 56.5 Å². The Labute approximate surface area is 248 Å². The largest absolute Gasteiger partial charge is 0.493 e. The Balaban J connectivity index is 1.69. The topological polar surface area (TPSA) is 105 Å². The summed E-state index contributed by atoms with van der Waals surface area (Å²) >= 11 is 0. The van der Waals surface area contributed by atoms with Gasteiger partial charge in [0, 0.05) is 18.7 Å². The molecule has 42 heavy (non-hydrogen) atoms. The predicted molar refractivity (Wildman–Crippen MR) is 162 cm³/mol. The van der Waals surface area contributed by atoms with Crippen LogP contribution >= 0.6 is 0 Å². The molecule has 1 N–H and O–H groups in total. The number of anilines is 1. The molecule has 0 unspecified atom stereocenters. The van der Waals surface area contributed by atoms with Gasteiger partial charge in [0.05, 0.1) is 24.8 Å². The van der Waals surface area contributed by atoms with E-state index in [9.17, 15) is 18.0 Å². The Hall–Kier alpha value is -4.05. The molecule has 0 aliphatic heterocycles. The van der Waals surface area contributed by atoms with Crippen LogP contribution in [-0.2, 0) is 26.2 Å². The van der Waals surface area contributed by atoms with Gasteiger partial charge in [0.15, 0.2) is 11.5 Å². The van der Waals surface area contributed by atoms with Gasteiger partial charge in [0.1, 0.15) is 12.6 Å². The fraction of sp³-hybridized carbons (Fsp3) is 0.375. The second-order valence-corrected chi connectivity index (χ2v) is 12.4. The molecule has 3 aromatic rings. The number of hydrogen-bond acceptors (Lipinski definition) is 6. The van der Waals surface area contributed by atoms with Crippen LogP contribution in [-0.4, -0.2) is 58.0 Å². The lowest BCUT2D eigenvalue weighted by atomic mass is 10.1. The van der Waals surface area contributed by atoms with Crippen LogP contribution in [0, 0.1) is 6.92 Å². The molecule has 3 aromatic carbocycles. The number of sulfonamides is 1. The molecular weight excluding hydrogens is 554 g/mol. The molecule has 1 atom stereocenters. The van der Waals surface area contributed by atoms with Crippen LogP contribution in [0.3, 0.4) is 0 Å². The highest BCUT2D eigenvalue weighted by molar-refractivity contribution is 7.92. The molecule has 1 saturated carbocycles. The minimum atomic E-state index is -4.23. The third-order valence-electron chi connectivity index (χ3n) is 7.61. The lowest BCUT2D eigenvalue weighted by molar-refractivity contribution is -0.139. The number of carbonyl (C=O) groups is 2. The second kappa shape index (κ2) is 13.7. The first-order valence-electron chi connectivity index (χ1n) is 14.1. The molecular formula is C32H39N3O6S. The monoisotopic (exact) mass is 593 g/mol. The minimum absolute atomic E-state index is 0.0612. The van der Waals surface area contributed by atoms with Gasteiger partial charge in [0.25, 0.3) is 10.0 Å². The van der Waals surface area contributed by atoms with Crippen LogP contribution in [0.1, 0.15) is 43.7 Å². The van der Waals surface area contributed by atoms with Crippen LogP contribution in [0.2, 0.25) is 0 Å². The average Bonchev–Trinajstić information content (AvgIpc) is 3.52. The van der Waals surface area contributed by atoms with Gasteiger partial charge in [-0.2, -0.15) is 0 Å². The van der Waals surface area contributed by atoms with Crippen molar-refractivity contribution in [3.63, 3.8) is 0 Å². The number of amides is 2. The van der Waals surface area contributed by atoms with Crippen molar-refractivity contribution in [3.05, 3.63) is 83.9 Å². The summed E-state index contributed by atoms with van der Waals surface area (Å²) in [5.74, 6) is -0.129. The van der Waals surface area contributed by atoms with E-state index in [-0.39, 0.29) is 29.1 Å². The van der Waals surface area contributed by atoms with Crippen LogP contribution in [0.25, 0.3) is 0 Å². The zero-order valence-electron chi connectivity index (χ0n) is 24.6. The highest BCUT2D eigenvalue weighted by Crippen LogP contribution is 2.32. The van der Waals surface area contributed by atoms with Crippen molar-refractivity contribution in [2.75, 3.05) is 25.1 Å². The molecule has 0 spiro atoms. The Morgan fingerprint density at radius 2 is 1.57 bits per heavy atom. The van der Waals surface area contributed by atoms with Crippen LogP contribution in [0.4, 0.5) is 5.69 Å². The Kier molecular flexibility index (Phi) is 10.1. The second-order valence-electron chi connectivity index (χ2n) is 10.5. The standard InChI is InChI=1S/C32H39N3O6S/c1-23-14-16-25(17-15-23)21-34(24(2)32(37)33-26-10-8-9-11-26)31(36)22-35(27-12-6-5-7-13-27)42(38,39)28-18-19-29(40-3)30(20-28)41-4/h5-7,12-20,24,26H,8-11,21-22H2,1-4H3,(H,33,37)/t24-/m1/s1. The fourth-order valence-corrected chi connectivity index (χ4v) is 6.52. The highest BCUT2D eigenvalue weighted by atomic mass is 32.2. The van der Waals surface area contributed by atoms with E-state index >= 15 is 0 Å². The van der Waals surface area contributed by atoms with Crippen LogP contribution in [0.5, 0.6) is 11.5 Å². The van der Waals surface area contributed by atoms with Gasteiger partial charge in [-0.25, -0.2) is 8.42 Å². The lowest BCUT2D eigenvalue weighted by Crippen LogP contribution is -2.52. The third kappa shape index (κ3) is 7.23. The van der Waals surface area contributed by atoms with Crippen molar-refractivity contribution in [3.8, 4) is 11.5 Å². The zero-order valence-corrected chi connectivity index (χ0v) is 25.4. The molecule has 0 heterocycles. The molecule has 1 fully saturated rings. The van der Waals surface area contributed by atoms with Gasteiger partial charge in [-0.3, -0.25) is 13.9 Å². The molecule has 2 amide bonds. The summed E-state index contributed by atoms with van der Waals surface area (Å²) < 4.78 is 39.8. The van der Waals surface area contributed by atoms with Gasteiger partial charge in [-0.15, -0.1) is 0 Å². The first kappa shape index (κ1) is 30.9. The minimum Gasteiger partial charge on any atom is -0.493 e. The van der Waals surface area contributed by atoms with Crippen molar-refractivity contribution < 1.29 is 27.5 Å². The maximum absolute atomic E-state index is 14.1. The first-order valence-corrected chi connectivity index (χ1v) is 15.5. The molecule has 10 heteroatoms. The van der Waals surface area contributed by atoms with Crippen molar-refractivity contribution >= 4 is 27.5 Å². The molecule has 1 aliphatic carbocycles. The average molecular weight is 594 g/mol. The molecule has 0 saturated heterocycles. The SMILES string of the molecule is COc1ccc(S(=O)(=O)N(CC(=O)N(Cc2ccc(C)cc2)[C@H](C)C(=O)NC2CCCC2)c2ccccc2)cc1OC. The molecule has 0 bridgehead atoms. The van der Waals surface area contributed by atoms with Gasteiger partial charge in [-0.1, -0.05) is 60.9 Å². The van der Waals surface area contributed by atoms with E-state index in [0.29, 0.717) is 11.4 Å². The van der Waals surface area contributed by atoms with Crippen molar-refractivity contribution in [2.24, 2.45) is 0 Å². The van der Waals surface area contributed by atoms with E-state index < -0.39 is 28.5 Å². The Morgan fingerprint density at radius 3 is 2.19 bits per heavy atom. The Bertz CT molecular complexity index is 1470. The summed E-state index contributed by atoms with van der Waals surface area (Å²) in [4.78, 5) is 28.8. The number of nitrogens with one attached hydrogen (secondary N) is 1. The van der Waals surface area contributed by atoms with E-state index in [1.807, 2.05) is 31.2 Å². The smallest absolute Gasteiger partial charge is 0.264 e. The van der Waals surface area contributed by atoms with Gasteiger partial charge < -0.3 is 19.7 Å². The number of ether oxygens (including phenoxy) is 2. The number of para-hydroxylation sites is 1. The normalized spacial score (nSPS) is 14.2. The summed E-state index contributed by atoms with van der Waals surface area (Å²) in [5.41, 5.74) is 2.22. The first-order chi connectivity index (χ1) is 20.1. The third-order valence-corrected chi connectivity index (χ3v) is 9.38. The van der Waals surface area contributed by atoms with Crippen LogP contribution in [0.15, 0.2) is 77.7 Å². The Morgan fingerprint density at radius 1 is 0.929 bits per heavy atom. The van der Waals surface area contributed by atoms with Crippen molar-refractivity contribution in [1.82, 2.24) is 10.2 Å². The maximum Gasteiger partial charge on any atom is 0.264 e. The summed E-state index contributed by atoms with van der Waals surface area (Å²) in [5, 5.41) is 3.08. The van der Waals surface area contributed by atoms with E-state index in [4.69, 9.17) is 9.47 Å². The van der Waals surface area contributed by atoms with E-state index in [0.717, 1.165) is 41.1 Å². The number of carbonyl (C=O) groups excluding carboxylic acids is 2. The van der Waals surface area contributed by atoms with E-state index in [1.54, 1.807) is 37.3 Å². The number of methoxy groups -OCH3 is 2. The quantitative estimate of drug-likeness (QED) is 0.327. The summed E-state index contributed by atoms with van der Waals surface area (Å²) in [7, 11) is -1.34. The fourth-order valence-electron chi connectivity index (χ4n) is 5.09. The van der Waals surface area contributed by atoms with Crippen molar-refractivity contribution in [1.29, 1.82) is 0 Å². The number of rotatable bonds is 12. The summed E-state index contributed by atoms with van der Waals surface area (Å²) in [6.45, 7) is 3.30. The number of nitrogens with zero attached hydrogens (tertiary/aromatic N) is 2. The molecule has 1 aliphatic rings. The maximum atomic E-state index is 14.1.